The third-order valence-electron chi connectivity index (χ3n) is 2.18. The van der Waals surface area contributed by atoms with Gasteiger partial charge in [-0.15, -0.1) is 0 Å². The topological polar surface area (TPSA) is 43.4 Å². The first kappa shape index (κ1) is 12.4. The molecule has 0 N–H and O–H groups in total. The lowest BCUT2D eigenvalue weighted by molar-refractivity contribution is -0.134. The number of esters is 1. The van der Waals surface area contributed by atoms with Crippen LogP contribution in [0.4, 0.5) is 0 Å². The number of rotatable bonds is 5. The van der Waals surface area contributed by atoms with Crippen molar-refractivity contribution in [1.29, 1.82) is 0 Å². The minimum Gasteiger partial charge on any atom is -0.427 e. The molecule has 16 heavy (non-hydrogen) atoms. The Morgan fingerprint density at radius 1 is 1.12 bits per heavy atom. The van der Waals surface area contributed by atoms with Gasteiger partial charge in [0, 0.05) is 18.4 Å². The van der Waals surface area contributed by atoms with E-state index in [0.29, 0.717) is 24.2 Å². The Morgan fingerprint density at radius 3 is 2.25 bits per heavy atom. The molecule has 0 spiro atoms. The molecular weight excluding hydrogens is 204 g/mol. The summed E-state index contributed by atoms with van der Waals surface area (Å²) in [7, 11) is 0. The zero-order valence-corrected chi connectivity index (χ0v) is 9.66. The third-order valence-corrected chi connectivity index (χ3v) is 2.18. The summed E-state index contributed by atoms with van der Waals surface area (Å²) in [6.07, 6.45) is 1.66. The number of benzene rings is 1. The van der Waals surface area contributed by atoms with Gasteiger partial charge in [-0.05, 0) is 30.7 Å². The van der Waals surface area contributed by atoms with Gasteiger partial charge in [-0.2, -0.15) is 0 Å². The predicted molar refractivity (Wildman–Crippen MR) is 61.6 cm³/mol. The zero-order valence-electron chi connectivity index (χ0n) is 9.66. The van der Waals surface area contributed by atoms with Crippen LogP contribution in [-0.2, 0) is 4.79 Å². The minimum atomic E-state index is -0.239. The summed E-state index contributed by atoms with van der Waals surface area (Å²) in [5.41, 5.74) is 0.651. The SMILES string of the molecule is CCCC(=O)Oc1ccc(C(=O)CC)cc1. The van der Waals surface area contributed by atoms with Gasteiger partial charge in [0.1, 0.15) is 5.75 Å². The van der Waals surface area contributed by atoms with E-state index >= 15 is 0 Å². The molecule has 0 aliphatic rings. The molecule has 3 heteroatoms. The van der Waals surface area contributed by atoms with Gasteiger partial charge in [0.05, 0.1) is 0 Å². The van der Waals surface area contributed by atoms with Crippen LogP contribution >= 0.6 is 0 Å². The van der Waals surface area contributed by atoms with Gasteiger partial charge in [0.15, 0.2) is 5.78 Å². The second kappa shape index (κ2) is 6.05. The Balaban J connectivity index is 2.64. The number of ketones is 1. The molecule has 3 nitrogen and oxygen atoms in total. The smallest absolute Gasteiger partial charge is 0.311 e. The summed E-state index contributed by atoms with van der Waals surface area (Å²) < 4.78 is 5.07. The van der Waals surface area contributed by atoms with E-state index in [-0.39, 0.29) is 11.8 Å². The Morgan fingerprint density at radius 2 is 1.75 bits per heavy atom. The van der Waals surface area contributed by atoms with Crippen molar-refractivity contribution in [2.24, 2.45) is 0 Å². The number of hydrogen-bond donors (Lipinski definition) is 0. The Kier molecular flexibility index (Phi) is 4.70. The van der Waals surface area contributed by atoms with Crippen molar-refractivity contribution in [3.8, 4) is 5.75 Å². The Labute approximate surface area is 95.4 Å². The Hall–Kier alpha value is -1.64. The molecular formula is C13H16O3. The molecule has 0 aliphatic carbocycles. The number of hydrogen-bond acceptors (Lipinski definition) is 3. The van der Waals surface area contributed by atoms with E-state index < -0.39 is 0 Å². The second-order valence-electron chi connectivity index (χ2n) is 3.53. The lowest BCUT2D eigenvalue weighted by atomic mass is 10.1. The summed E-state index contributed by atoms with van der Waals surface area (Å²) in [4.78, 5) is 22.5. The average molecular weight is 220 g/mol. The number of Topliss-reactive ketones (excluding diaryl/α,β-unsaturated/α-hetero) is 1. The first-order valence-corrected chi connectivity index (χ1v) is 5.51. The molecule has 0 fully saturated rings. The highest BCUT2D eigenvalue weighted by Crippen LogP contribution is 2.14. The number of carbonyl (C=O) groups excluding carboxylic acids is 2. The van der Waals surface area contributed by atoms with Crippen LogP contribution in [0.25, 0.3) is 0 Å². The Bertz CT molecular complexity index is 365. The van der Waals surface area contributed by atoms with Gasteiger partial charge in [-0.25, -0.2) is 0 Å². The fourth-order valence-electron chi connectivity index (χ4n) is 1.30. The van der Waals surface area contributed by atoms with Crippen LogP contribution in [0.1, 0.15) is 43.5 Å². The zero-order chi connectivity index (χ0) is 12.0. The summed E-state index contributed by atoms with van der Waals surface area (Å²) in [6, 6.07) is 6.66. The monoisotopic (exact) mass is 220 g/mol. The van der Waals surface area contributed by atoms with E-state index in [0.717, 1.165) is 6.42 Å². The van der Waals surface area contributed by atoms with Gasteiger partial charge in [-0.3, -0.25) is 9.59 Å². The van der Waals surface area contributed by atoms with E-state index in [9.17, 15) is 9.59 Å². The molecule has 0 amide bonds. The predicted octanol–water partition coefficient (Wildman–Crippen LogP) is 2.98. The van der Waals surface area contributed by atoms with E-state index in [1.807, 2.05) is 13.8 Å². The average Bonchev–Trinajstić information content (AvgIpc) is 2.29. The standard InChI is InChI=1S/C13H16O3/c1-3-5-13(15)16-11-8-6-10(7-9-11)12(14)4-2/h6-9H,3-5H2,1-2H3. The van der Waals surface area contributed by atoms with Crippen LogP contribution in [0.3, 0.4) is 0 Å². The van der Waals surface area contributed by atoms with Gasteiger partial charge in [0.25, 0.3) is 0 Å². The van der Waals surface area contributed by atoms with E-state index in [4.69, 9.17) is 4.74 Å². The van der Waals surface area contributed by atoms with Crippen LogP contribution in [0.15, 0.2) is 24.3 Å². The summed E-state index contributed by atoms with van der Waals surface area (Å²) in [5.74, 6) is 0.342. The highest BCUT2D eigenvalue weighted by atomic mass is 16.5. The van der Waals surface area contributed by atoms with Crippen molar-refractivity contribution >= 4 is 11.8 Å². The van der Waals surface area contributed by atoms with E-state index in [2.05, 4.69) is 0 Å². The normalized spacial score (nSPS) is 9.88. The van der Waals surface area contributed by atoms with Gasteiger partial charge in [-0.1, -0.05) is 13.8 Å². The maximum atomic E-state index is 11.3. The maximum Gasteiger partial charge on any atom is 0.311 e. The first-order chi connectivity index (χ1) is 7.67. The largest absolute Gasteiger partial charge is 0.427 e. The van der Waals surface area contributed by atoms with Crippen molar-refractivity contribution in [3.05, 3.63) is 29.8 Å². The number of carbonyl (C=O) groups is 2. The molecule has 0 aliphatic heterocycles. The van der Waals surface area contributed by atoms with Gasteiger partial charge in [0.2, 0.25) is 0 Å². The van der Waals surface area contributed by atoms with Crippen molar-refractivity contribution in [2.45, 2.75) is 33.1 Å². The fraction of sp³-hybridized carbons (Fsp3) is 0.385. The number of ether oxygens (including phenoxy) is 1. The molecule has 0 heterocycles. The van der Waals surface area contributed by atoms with Crippen LogP contribution in [0, 0.1) is 0 Å². The molecule has 1 aromatic carbocycles. The molecule has 0 radical (unpaired) electrons. The molecule has 0 saturated heterocycles. The molecule has 0 unspecified atom stereocenters. The van der Waals surface area contributed by atoms with Crippen molar-refractivity contribution < 1.29 is 14.3 Å². The van der Waals surface area contributed by atoms with Gasteiger partial charge >= 0.3 is 5.97 Å². The van der Waals surface area contributed by atoms with Gasteiger partial charge < -0.3 is 4.74 Å². The van der Waals surface area contributed by atoms with Crippen LogP contribution < -0.4 is 4.74 Å². The molecule has 0 aromatic heterocycles. The molecule has 0 saturated carbocycles. The van der Waals surface area contributed by atoms with Crippen molar-refractivity contribution in [3.63, 3.8) is 0 Å². The summed E-state index contributed by atoms with van der Waals surface area (Å²) in [5, 5.41) is 0. The van der Waals surface area contributed by atoms with E-state index in [1.165, 1.54) is 0 Å². The van der Waals surface area contributed by atoms with E-state index in [1.54, 1.807) is 24.3 Å². The highest BCUT2D eigenvalue weighted by molar-refractivity contribution is 5.95. The second-order valence-corrected chi connectivity index (χ2v) is 3.53. The quantitative estimate of drug-likeness (QED) is 0.435. The van der Waals surface area contributed by atoms with Crippen molar-refractivity contribution in [1.82, 2.24) is 0 Å². The lowest BCUT2D eigenvalue weighted by Gasteiger charge is -2.04. The maximum absolute atomic E-state index is 11.3. The van der Waals surface area contributed by atoms with Crippen LogP contribution in [0.5, 0.6) is 5.75 Å². The summed E-state index contributed by atoms with van der Waals surface area (Å²) in [6.45, 7) is 3.74. The molecule has 1 aromatic rings. The molecule has 1 rings (SSSR count). The fourth-order valence-corrected chi connectivity index (χ4v) is 1.30. The van der Waals surface area contributed by atoms with Crippen LogP contribution in [-0.4, -0.2) is 11.8 Å². The third kappa shape index (κ3) is 3.50. The van der Waals surface area contributed by atoms with Crippen LogP contribution in [0.2, 0.25) is 0 Å². The van der Waals surface area contributed by atoms with Crippen molar-refractivity contribution in [2.75, 3.05) is 0 Å². The summed E-state index contributed by atoms with van der Waals surface area (Å²) >= 11 is 0. The molecule has 0 atom stereocenters. The lowest BCUT2D eigenvalue weighted by Crippen LogP contribution is -2.07. The molecule has 0 bridgehead atoms. The molecule has 86 valence electrons. The first-order valence-electron chi connectivity index (χ1n) is 5.51. The minimum absolute atomic E-state index is 0.0893. The highest BCUT2D eigenvalue weighted by Gasteiger charge is 2.05.